The first-order valence-electron chi connectivity index (χ1n) is 10.3. The predicted molar refractivity (Wildman–Crippen MR) is 134 cm³/mol. The first-order valence-corrected chi connectivity index (χ1v) is 10.7. The van der Waals surface area contributed by atoms with Gasteiger partial charge in [0.1, 0.15) is 5.52 Å². The van der Waals surface area contributed by atoms with Crippen molar-refractivity contribution in [1.29, 1.82) is 0 Å². The molecule has 9 heteroatoms. The molecule has 0 radical (unpaired) electrons. The summed E-state index contributed by atoms with van der Waals surface area (Å²) in [5, 5.41) is 5.90. The molecule has 0 atom stereocenters. The maximum Gasteiger partial charge on any atom is 0.257 e. The van der Waals surface area contributed by atoms with Crippen LogP contribution in [0.15, 0.2) is 59.0 Å². The Morgan fingerprint density at radius 3 is 2.32 bits per heavy atom. The fourth-order valence-corrected chi connectivity index (χ4v) is 3.63. The number of oxazole rings is 1. The molecule has 0 spiro atoms. The number of nitrogens with zero attached hydrogens (tertiary/aromatic N) is 1. The fourth-order valence-electron chi connectivity index (χ4n) is 3.43. The molecule has 1 aromatic heterocycles. The number of fused-ring (bicyclic) bond motifs is 1. The van der Waals surface area contributed by atoms with E-state index in [0.717, 1.165) is 22.3 Å². The van der Waals surface area contributed by atoms with Crippen molar-refractivity contribution in [1.82, 2.24) is 10.3 Å². The summed E-state index contributed by atoms with van der Waals surface area (Å²) in [5.74, 6) is 1.20. The number of hydrogen-bond donors (Lipinski definition) is 2. The average Bonchev–Trinajstić information content (AvgIpc) is 3.28. The van der Waals surface area contributed by atoms with Crippen molar-refractivity contribution in [2.24, 2.45) is 0 Å². The smallest absolute Gasteiger partial charge is 0.257 e. The molecule has 1 amide bonds. The molecule has 0 fully saturated rings. The minimum atomic E-state index is -0.426. The van der Waals surface area contributed by atoms with Crippen LogP contribution in [0.1, 0.15) is 15.9 Å². The molecular formula is C25H23N3O5S. The van der Waals surface area contributed by atoms with Gasteiger partial charge in [-0.05, 0) is 61.1 Å². The van der Waals surface area contributed by atoms with E-state index in [-0.39, 0.29) is 5.11 Å². The highest BCUT2D eigenvalue weighted by molar-refractivity contribution is 7.80. The van der Waals surface area contributed by atoms with E-state index in [1.807, 2.05) is 49.4 Å². The molecule has 0 unspecified atom stereocenters. The fraction of sp³-hybridized carbons (Fsp3) is 0.160. The third-order valence-electron chi connectivity index (χ3n) is 5.18. The van der Waals surface area contributed by atoms with Gasteiger partial charge in [0, 0.05) is 16.8 Å². The van der Waals surface area contributed by atoms with Gasteiger partial charge in [-0.15, -0.1) is 0 Å². The van der Waals surface area contributed by atoms with Gasteiger partial charge in [0.25, 0.3) is 5.91 Å². The topological polar surface area (TPSA) is 94.9 Å². The number of carbonyl (C=O) groups excluding carboxylic acids is 1. The third-order valence-corrected chi connectivity index (χ3v) is 5.38. The number of hydrogen-bond acceptors (Lipinski definition) is 7. The van der Waals surface area contributed by atoms with E-state index in [0.29, 0.717) is 34.3 Å². The lowest BCUT2D eigenvalue weighted by atomic mass is 10.1. The summed E-state index contributed by atoms with van der Waals surface area (Å²) < 4.78 is 21.8. The zero-order valence-corrected chi connectivity index (χ0v) is 19.9. The van der Waals surface area contributed by atoms with Crippen LogP contribution in [0, 0.1) is 6.92 Å². The lowest BCUT2D eigenvalue weighted by Crippen LogP contribution is -2.34. The normalized spacial score (nSPS) is 10.6. The van der Waals surface area contributed by atoms with Crippen LogP contribution in [0.3, 0.4) is 0 Å². The first-order chi connectivity index (χ1) is 16.4. The Labute approximate surface area is 201 Å². The van der Waals surface area contributed by atoms with E-state index in [4.69, 9.17) is 30.8 Å². The van der Waals surface area contributed by atoms with E-state index >= 15 is 0 Å². The molecule has 8 nitrogen and oxygen atoms in total. The number of nitrogens with one attached hydrogen (secondary N) is 2. The molecule has 0 aliphatic rings. The summed E-state index contributed by atoms with van der Waals surface area (Å²) in [6, 6.07) is 16.4. The number of thiocarbonyl (C=S) groups is 1. The number of carbonyl (C=O) groups is 1. The predicted octanol–water partition coefficient (Wildman–Crippen LogP) is 4.96. The van der Waals surface area contributed by atoms with E-state index in [1.165, 1.54) is 21.3 Å². The Morgan fingerprint density at radius 2 is 1.68 bits per heavy atom. The average molecular weight is 478 g/mol. The summed E-state index contributed by atoms with van der Waals surface area (Å²) >= 11 is 5.39. The molecule has 3 aromatic carbocycles. The molecule has 34 heavy (non-hydrogen) atoms. The number of benzene rings is 3. The maximum absolute atomic E-state index is 12.8. The summed E-state index contributed by atoms with van der Waals surface area (Å²) in [4.78, 5) is 17.4. The maximum atomic E-state index is 12.8. The van der Waals surface area contributed by atoms with Gasteiger partial charge in [0.05, 0.1) is 21.3 Å². The second-order valence-electron chi connectivity index (χ2n) is 7.34. The zero-order chi connectivity index (χ0) is 24.2. The number of aromatic nitrogens is 1. The second kappa shape index (κ2) is 9.80. The number of methoxy groups -OCH3 is 3. The highest BCUT2D eigenvalue weighted by Crippen LogP contribution is 2.38. The molecule has 174 valence electrons. The van der Waals surface area contributed by atoms with Crippen molar-refractivity contribution in [2.75, 3.05) is 26.6 Å². The molecule has 0 bridgehead atoms. The summed E-state index contributed by atoms with van der Waals surface area (Å²) in [5.41, 5.74) is 4.22. The van der Waals surface area contributed by atoms with Crippen molar-refractivity contribution < 1.29 is 23.4 Å². The Hall–Kier alpha value is -4.11. The van der Waals surface area contributed by atoms with Crippen LogP contribution in [0.2, 0.25) is 0 Å². The van der Waals surface area contributed by atoms with Gasteiger partial charge in [0.15, 0.2) is 22.2 Å². The zero-order valence-electron chi connectivity index (χ0n) is 19.1. The molecule has 4 aromatic rings. The number of para-hydroxylation sites is 2. The molecule has 0 aliphatic carbocycles. The lowest BCUT2D eigenvalue weighted by Gasteiger charge is -2.15. The van der Waals surface area contributed by atoms with Crippen molar-refractivity contribution in [3.63, 3.8) is 0 Å². The van der Waals surface area contributed by atoms with Crippen LogP contribution in [0.5, 0.6) is 17.2 Å². The van der Waals surface area contributed by atoms with E-state index < -0.39 is 5.91 Å². The number of amides is 1. The molecule has 0 saturated carbocycles. The van der Waals surface area contributed by atoms with Gasteiger partial charge in [-0.25, -0.2) is 4.98 Å². The van der Waals surface area contributed by atoms with Crippen LogP contribution >= 0.6 is 12.2 Å². The van der Waals surface area contributed by atoms with Crippen molar-refractivity contribution in [3.05, 3.63) is 65.7 Å². The summed E-state index contributed by atoms with van der Waals surface area (Å²) in [6.07, 6.45) is 0. The Bertz CT molecular complexity index is 1320. The molecule has 4 rings (SSSR count). The van der Waals surface area contributed by atoms with E-state index in [2.05, 4.69) is 15.6 Å². The van der Waals surface area contributed by atoms with Gasteiger partial charge in [-0.2, -0.15) is 0 Å². The van der Waals surface area contributed by atoms with Crippen molar-refractivity contribution >= 4 is 40.0 Å². The van der Waals surface area contributed by atoms with E-state index in [9.17, 15) is 4.79 Å². The monoisotopic (exact) mass is 477 g/mol. The molecular weight excluding hydrogens is 454 g/mol. The van der Waals surface area contributed by atoms with Gasteiger partial charge < -0.3 is 23.9 Å². The summed E-state index contributed by atoms with van der Waals surface area (Å²) in [7, 11) is 4.46. The highest BCUT2D eigenvalue weighted by Gasteiger charge is 2.18. The molecule has 0 aliphatic heterocycles. The van der Waals surface area contributed by atoms with Gasteiger partial charge in [-0.1, -0.05) is 18.2 Å². The van der Waals surface area contributed by atoms with Crippen molar-refractivity contribution in [2.45, 2.75) is 6.92 Å². The van der Waals surface area contributed by atoms with Crippen LogP contribution in [0.25, 0.3) is 22.6 Å². The van der Waals surface area contributed by atoms with E-state index in [1.54, 1.807) is 12.1 Å². The SMILES string of the molecule is COc1cc(C(=O)NC(=S)Nc2cc(-c3nc4ccccc4o3)ccc2C)cc(OC)c1OC. The molecule has 1 heterocycles. The Morgan fingerprint density at radius 1 is 0.971 bits per heavy atom. The Balaban J connectivity index is 1.53. The van der Waals surface area contributed by atoms with Crippen molar-refractivity contribution in [3.8, 4) is 28.7 Å². The largest absolute Gasteiger partial charge is 0.493 e. The van der Waals surface area contributed by atoms with Crippen LogP contribution in [-0.4, -0.2) is 37.3 Å². The number of anilines is 1. The van der Waals surface area contributed by atoms with Crippen LogP contribution < -0.4 is 24.8 Å². The van der Waals surface area contributed by atoms with Crippen LogP contribution in [0.4, 0.5) is 5.69 Å². The van der Waals surface area contributed by atoms with Crippen LogP contribution in [-0.2, 0) is 0 Å². The number of rotatable bonds is 6. The minimum absolute atomic E-state index is 0.136. The Kier molecular flexibility index (Phi) is 6.65. The summed E-state index contributed by atoms with van der Waals surface area (Å²) in [6.45, 7) is 1.93. The highest BCUT2D eigenvalue weighted by atomic mass is 32.1. The quantitative estimate of drug-likeness (QED) is 0.377. The van der Waals surface area contributed by atoms with Gasteiger partial charge in [-0.3, -0.25) is 10.1 Å². The first kappa shape index (κ1) is 23.1. The standard InChI is InChI=1S/C25H23N3O5S/c1-14-9-10-15(24-26-17-7-5-6-8-19(17)33-24)11-18(14)27-25(34)28-23(29)16-12-20(30-2)22(32-4)21(13-16)31-3/h5-13H,1-4H3,(H2,27,28,29,34). The molecule has 0 saturated heterocycles. The number of aryl methyl sites for hydroxylation is 1. The lowest BCUT2D eigenvalue weighted by molar-refractivity contribution is 0.0977. The number of ether oxygens (including phenoxy) is 3. The second-order valence-corrected chi connectivity index (χ2v) is 7.75. The third kappa shape index (κ3) is 4.65. The van der Waals surface area contributed by atoms with Gasteiger partial charge in [0.2, 0.25) is 11.6 Å². The van der Waals surface area contributed by atoms with Gasteiger partial charge >= 0.3 is 0 Å². The molecule has 2 N–H and O–H groups in total. The minimum Gasteiger partial charge on any atom is -0.493 e.